The molecule has 4 heteroatoms. The molecule has 11 heavy (non-hydrogen) atoms. The minimum atomic E-state index is -0.321. The number of hydrogen-bond donors (Lipinski definition) is 2. The molecule has 61 valence electrons. The van der Waals surface area contributed by atoms with Crippen LogP contribution in [-0.4, -0.2) is 17.9 Å². The Bertz CT molecular complexity index is 179. The van der Waals surface area contributed by atoms with Crippen molar-refractivity contribution in [2.45, 2.75) is 25.8 Å². The number of amides is 2. The molecule has 0 aromatic carbocycles. The van der Waals surface area contributed by atoms with Gasteiger partial charge in [0.25, 0.3) is 0 Å². The fourth-order valence-corrected chi connectivity index (χ4v) is 1.05. The van der Waals surface area contributed by atoms with Crippen molar-refractivity contribution >= 4 is 11.8 Å². The van der Waals surface area contributed by atoms with Gasteiger partial charge in [-0.2, -0.15) is 0 Å². The van der Waals surface area contributed by atoms with E-state index in [1.54, 1.807) is 13.5 Å². The molecular weight excluding hydrogens is 144 g/mol. The second kappa shape index (κ2) is 3.37. The van der Waals surface area contributed by atoms with E-state index in [-0.39, 0.29) is 17.9 Å². The molecule has 1 saturated heterocycles. The molecule has 4 nitrogen and oxygen atoms in total. The average Bonchev–Trinajstić information content (AvgIpc) is 2.36. The highest BCUT2D eigenvalue weighted by atomic mass is 16.2. The Hall–Kier alpha value is -1.06. The molecule has 0 aromatic heterocycles. The second-order valence-corrected chi connectivity index (χ2v) is 2.46. The van der Waals surface area contributed by atoms with Crippen LogP contribution >= 0.6 is 0 Å². The van der Waals surface area contributed by atoms with Crippen molar-refractivity contribution < 1.29 is 9.59 Å². The van der Waals surface area contributed by atoms with Gasteiger partial charge < -0.3 is 10.6 Å². The van der Waals surface area contributed by atoms with Gasteiger partial charge in [-0.25, -0.2) is 0 Å². The zero-order valence-electron chi connectivity index (χ0n) is 6.39. The summed E-state index contributed by atoms with van der Waals surface area (Å²) in [4.78, 5) is 21.7. The number of carbonyl (C=O) groups is 2. The Morgan fingerprint density at radius 2 is 2.55 bits per heavy atom. The summed E-state index contributed by atoms with van der Waals surface area (Å²) in [5.74, 6) is -0.167. The molecule has 1 fully saturated rings. The highest BCUT2D eigenvalue weighted by molar-refractivity contribution is 5.90. The number of carbonyl (C=O) groups excluding carboxylic acids is 2. The molecule has 1 aliphatic rings. The van der Waals surface area contributed by atoms with E-state index in [2.05, 4.69) is 10.6 Å². The minimum Gasteiger partial charge on any atom is -0.350 e. The predicted octanol–water partition coefficient (Wildman–Crippen LogP) is -0.437. The summed E-state index contributed by atoms with van der Waals surface area (Å²) in [7, 11) is 0. The number of rotatable bonds is 2. The summed E-state index contributed by atoms with van der Waals surface area (Å²) in [5, 5.41) is 5.10. The molecule has 0 bridgehead atoms. The molecule has 0 spiro atoms. The van der Waals surface area contributed by atoms with Crippen molar-refractivity contribution in [2.75, 3.05) is 0 Å². The van der Waals surface area contributed by atoms with Crippen LogP contribution in [0.15, 0.2) is 0 Å². The summed E-state index contributed by atoms with van der Waals surface area (Å²) in [6.45, 7) is 3.29. The number of nitrogens with one attached hydrogen (secondary N) is 2. The molecule has 1 atom stereocenters. The van der Waals surface area contributed by atoms with E-state index in [9.17, 15) is 9.59 Å². The lowest BCUT2D eigenvalue weighted by molar-refractivity contribution is -0.125. The summed E-state index contributed by atoms with van der Waals surface area (Å²) in [6, 6.07) is -0.321. The van der Waals surface area contributed by atoms with Crippen LogP contribution in [0.1, 0.15) is 19.8 Å². The molecule has 0 saturated carbocycles. The molecule has 0 aliphatic carbocycles. The van der Waals surface area contributed by atoms with Gasteiger partial charge in [0.2, 0.25) is 11.8 Å². The zero-order chi connectivity index (χ0) is 8.27. The fraction of sp³-hybridized carbons (Fsp3) is 0.571. The normalized spacial score (nSPS) is 23.0. The summed E-state index contributed by atoms with van der Waals surface area (Å²) in [6.07, 6.45) is 1.07. The van der Waals surface area contributed by atoms with Crippen molar-refractivity contribution in [2.24, 2.45) is 0 Å². The molecule has 0 unspecified atom stereocenters. The third-order valence-electron chi connectivity index (χ3n) is 1.60. The maximum Gasteiger partial charge on any atom is 0.242 e. The van der Waals surface area contributed by atoms with Crippen LogP contribution in [0.2, 0.25) is 0 Å². The van der Waals surface area contributed by atoms with Gasteiger partial charge in [-0.3, -0.25) is 9.59 Å². The van der Waals surface area contributed by atoms with Gasteiger partial charge in [-0.15, -0.1) is 0 Å². The van der Waals surface area contributed by atoms with Crippen molar-refractivity contribution in [3.05, 3.63) is 6.54 Å². The van der Waals surface area contributed by atoms with Crippen LogP contribution in [0.3, 0.4) is 0 Å². The van der Waals surface area contributed by atoms with Crippen LogP contribution in [0.25, 0.3) is 0 Å². The standard InChI is InChI=1S/C7H11N2O2/c1-2-8-7(11)5-3-4-6(10)9-5/h2,5H,3-4H2,1H3,(H,8,11)(H,9,10)/t5-/m0/s1. The van der Waals surface area contributed by atoms with Gasteiger partial charge >= 0.3 is 0 Å². The monoisotopic (exact) mass is 155 g/mol. The summed E-state index contributed by atoms with van der Waals surface area (Å²) in [5.41, 5.74) is 0. The average molecular weight is 155 g/mol. The van der Waals surface area contributed by atoms with Gasteiger partial charge in [0.05, 0.1) is 0 Å². The molecule has 1 rings (SSSR count). The van der Waals surface area contributed by atoms with Gasteiger partial charge in [0.1, 0.15) is 6.04 Å². The fourth-order valence-electron chi connectivity index (χ4n) is 1.05. The van der Waals surface area contributed by atoms with E-state index in [1.807, 2.05) is 0 Å². The maximum absolute atomic E-state index is 11.0. The van der Waals surface area contributed by atoms with Gasteiger partial charge in [0.15, 0.2) is 0 Å². The lowest BCUT2D eigenvalue weighted by Gasteiger charge is -2.07. The Morgan fingerprint density at radius 3 is 3.00 bits per heavy atom. The molecule has 1 radical (unpaired) electrons. The van der Waals surface area contributed by atoms with E-state index < -0.39 is 0 Å². The summed E-state index contributed by atoms with van der Waals surface area (Å²) >= 11 is 0. The predicted molar refractivity (Wildman–Crippen MR) is 39.3 cm³/mol. The van der Waals surface area contributed by atoms with Gasteiger partial charge in [-0.1, -0.05) is 0 Å². The quantitative estimate of drug-likeness (QED) is 0.568. The van der Waals surface area contributed by atoms with E-state index >= 15 is 0 Å². The first-order valence-corrected chi connectivity index (χ1v) is 3.61. The summed E-state index contributed by atoms with van der Waals surface area (Å²) < 4.78 is 0. The highest BCUT2D eigenvalue weighted by Gasteiger charge is 2.26. The first-order valence-electron chi connectivity index (χ1n) is 3.61. The van der Waals surface area contributed by atoms with Crippen LogP contribution in [0.5, 0.6) is 0 Å². The van der Waals surface area contributed by atoms with E-state index in [0.717, 1.165) is 0 Å². The Labute approximate surface area is 65.3 Å². The van der Waals surface area contributed by atoms with Crippen molar-refractivity contribution in [1.29, 1.82) is 0 Å². The van der Waals surface area contributed by atoms with Crippen molar-refractivity contribution in [1.82, 2.24) is 10.6 Å². The maximum atomic E-state index is 11.0. The zero-order valence-corrected chi connectivity index (χ0v) is 6.39. The largest absolute Gasteiger partial charge is 0.350 e. The van der Waals surface area contributed by atoms with Crippen molar-refractivity contribution in [3.63, 3.8) is 0 Å². The smallest absolute Gasteiger partial charge is 0.242 e. The number of hydrogen-bond acceptors (Lipinski definition) is 2. The lowest BCUT2D eigenvalue weighted by Crippen LogP contribution is -2.40. The molecular formula is C7H11N2O2. The van der Waals surface area contributed by atoms with Crippen LogP contribution in [0.4, 0.5) is 0 Å². The Morgan fingerprint density at radius 1 is 1.82 bits per heavy atom. The van der Waals surface area contributed by atoms with Crippen LogP contribution in [-0.2, 0) is 9.59 Å². The third-order valence-corrected chi connectivity index (χ3v) is 1.60. The SMILES string of the molecule is C[CH]NC(=O)[C@@H]1CCC(=O)N1. The van der Waals surface area contributed by atoms with Crippen LogP contribution in [0, 0.1) is 6.54 Å². The van der Waals surface area contributed by atoms with Crippen molar-refractivity contribution in [3.8, 4) is 0 Å². The molecule has 2 amide bonds. The first-order chi connectivity index (χ1) is 5.24. The van der Waals surface area contributed by atoms with E-state index in [1.165, 1.54) is 0 Å². The van der Waals surface area contributed by atoms with E-state index in [4.69, 9.17) is 0 Å². The topological polar surface area (TPSA) is 58.2 Å². The Kier molecular flexibility index (Phi) is 2.46. The van der Waals surface area contributed by atoms with Gasteiger partial charge in [-0.05, 0) is 13.3 Å². The molecule has 1 aliphatic heterocycles. The minimum absolute atomic E-state index is 0.0405. The van der Waals surface area contributed by atoms with Gasteiger partial charge in [0, 0.05) is 13.0 Å². The highest BCUT2D eigenvalue weighted by Crippen LogP contribution is 2.05. The molecule has 0 aromatic rings. The second-order valence-electron chi connectivity index (χ2n) is 2.46. The first kappa shape index (κ1) is 8.04. The van der Waals surface area contributed by atoms with Crippen LogP contribution < -0.4 is 10.6 Å². The van der Waals surface area contributed by atoms with E-state index in [0.29, 0.717) is 12.8 Å². The Balaban J connectivity index is 2.37. The molecule has 2 N–H and O–H groups in total. The molecule has 1 heterocycles. The lowest BCUT2D eigenvalue weighted by atomic mass is 10.2. The third kappa shape index (κ3) is 1.93.